The minimum atomic E-state index is -0.828. The molecule has 120 valence electrons. The van der Waals surface area contributed by atoms with Crippen LogP contribution in [0.4, 0.5) is 11.4 Å². The second kappa shape index (κ2) is 7.17. The summed E-state index contributed by atoms with van der Waals surface area (Å²) in [4.78, 5) is 23.7. The van der Waals surface area contributed by atoms with Crippen molar-refractivity contribution in [2.75, 3.05) is 24.9 Å². The predicted molar refractivity (Wildman–Crippen MR) is 84.9 cm³/mol. The van der Waals surface area contributed by atoms with Crippen LogP contribution in [0.15, 0.2) is 42.5 Å². The van der Waals surface area contributed by atoms with Crippen LogP contribution in [-0.2, 0) is 9.59 Å². The van der Waals surface area contributed by atoms with E-state index in [1.807, 2.05) is 0 Å². The van der Waals surface area contributed by atoms with E-state index in [9.17, 15) is 14.7 Å². The molecule has 0 aromatic heterocycles. The monoisotopic (exact) mass is 316 g/mol. The summed E-state index contributed by atoms with van der Waals surface area (Å²) >= 11 is 0. The number of phenols is 1. The summed E-state index contributed by atoms with van der Waals surface area (Å²) in [5.41, 5.74) is 0.795. The number of anilines is 2. The third kappa shape index (κ3) is 4.13. The SMILES string of the molecule is COc1ccc(NC(=O)C(=O)Nc2ccc(O)cc2)cc1OC. The number of amides is 2. The standard InChI is InChI=1S/C16H16N2O5/c1-22-13-8-5-11(9-14(13)23-2)18-16(21)15(20)17-10-3-6-12(19)7-4-10/h3-9,19H,1-2H3,(H,17,20)(H,18,21). The highest BCUT2D eigenvalue weighted by molar-refractivity contribution is 6.43. The van der Waals surface area contributed by atoms with Crippen LogP contribution in [0.25, 0.3) is 0 Å². The first kappa shape index (κ1) is 16.2. The van der Waals surface area contributed by atoms with Gasteiger partial charge in [-0.3, -0.25) is 9.59 Å². The van der Waals surface area contributed by atoms with Gasteiger partial charge in [0.1, 0.15) is 5.75 Å². The van der Waals surface area contributed by atoms with Crippen molar-refractivity contribution in [2.45, 2.75) is 0 Å². The number of carbonyl (C=O) groups is 2. The predicted octanol–water partition coefficient (Wildman–Crippen LogP) is 1.99. The molecule has 2 aromatic rings. The van der Waals surface area contributed by atoms with Crippen LogP contribution in [0, 0.1) is 0 Å². The van der Waals surface area contributed by atoms with Crippen molar-refractivity contribution in [3.8, 4) is 17.2 Å². The molecule has 0 saturated heterocycles. The number of phenolic OH excluding ortho intramolecular Hbond substituents is 1. The maximum Gasteiger partial charge on any atom is 0.314 e. The lowest BCUT2D eigenvalue weighted by Gasteiger charge is -2.10. The van der Waals surface area contributed by atoms with E-state index in [4.69, 9.17) is 9.47 Å². The van der Waals surface area contributed by atoms with Crippen molar-refractivity contribution in [3.63, 3.8) is 0 Å². The molecule has 2 amide bonds. The zero-order chi connectivity index (χ0) is 16.8. The van der Waals surface area contributed by atoms with Crippen LogP contribution < -0.4 is 20.1 Å². The summed E-state index contributed by atoms with van der Waals surface area (Å²) < 4.78 is 10.2. The minimum absolute atomic E-state index is 0.0674. The molecular formula is C16H16N2O5. The van der Waals surface area contributed by atoms with Crippen molar-refractivity contribution in [2.24, 2.45) is 0 Å². The van der Waals surface area contributed by atoms with Crippen molar-refractivity contribution in [1.29, 1.82) is 0 Å². The molecule has 2 aromatic carbocycles. The summed E-state index contributed by atoms with van der Waals surface area (Å²) in [6.07, 6.45) is 0. The topological polar surface area (TPSA) is 96.9 Å². The molecule has 0 unspecified atom stereocenters. The zero-order valence-corrected chi connectivity index (χ0v) is 12.6. The van der Waals surface area contributed by atoms with E-state index in [1.165, 1.54) is 38.5 Å². The van der Waals surface area contributed by atoms with E-state index in [-0.39, 0.29) is 5.75 Å². The lowest BCUT2D eigenvalue weighted by molar-refractivity contribution is -0.132. The Morgan fingerprint density at radius 3 is 1.91 bits per heavy atom. The fourth-order valence-electron chi connectivity index (χ4n) is 1.83. The normalized spacial score (nSPS) is 9.83. The Bertz CT molecular complexity index is 713. The summed E-state index contributed by atoms with van der Waals surface area (Å²) in [6, 6.07) is 10.5. The molecule has 3 N–H and O–H groups in total. The van der Waals surface area contributed by atoms with Gasteiger partial charge >= 0.3 is 11.8 Å². The van der Waals surface area contributed by atoms with Crippen molar-refractivity contribution >= 4 is 23.2 Å². The highest BCUT2D eigenvalue weighted by Crippen LogP contribution is 2.29. The molecule has 7 heteroatoms. The molecule has 23 heavy (non-hydrogen) atoms. The van der Waals surface area contributed by atoms with Crippen LogP contribution in [0.5, 0.6) is 17.2 Å². The molecule has 0 radical (unpaired) electrons. The fraction of sp³-hybridized carbons (Fsp3) is 0.125. The van der Waals surface area contributed by atoms with Crippen LogP contribution >= 0.6 is 0 Å². The van der Waals surface area contributed by atoms with E-state index >= 15 is 0 Å². The van der Waals surface area contributed by atoms with Gasteiger partial charge in [-0.2, -0.15) is 0 Å². The van der Waals surface area contributed by atoms with Gasteiger partial charge in [-0.15, -0.1) is 0 Å². The second-order valence-electron chi connectivity index (χ2n) is 4.52. The Balaban J connectivity index is 2.03. The van der Waals surface area contributed by atoms with E-state index in [0.29, 0.717) is 22.9 Å². The van der Waals surface area contributed by atoms with Crippen molar-refractivity contribution in [3.05, 3.63) is 42.5 Å². The molecule has 0 aliphatic rings. The van der Waals surface area contributed by atoms with E-state index < -0.39 is 11.8 Å². The molecule has 0 heterocycles. The maximum atomic E-state index is 11.9. The van der Waals surface area contributed by atoms with Crippen molar-refractivity contribution < 1.29 is 24.2 Å². The number of rotatable bonds is 4. The highest BCUT2D eigenvalue weighted by Gasteiger charge is 2.15. The van der Waals surface area contributed by atoms with Crippen LogP contribution in [0.3, 0.4) is 0 Å². The quantitative estimate of drug-likeness (QED) is 0.592. The third-order valence-electron chi connectivity index (χ3n) is 2.97. The summed E-state index contributed by atoms with van der Waals surface area (Å²) in [7, 11) is 2.97. The van der Waals surface area contributed by atoms with Gasteiger partial charge in [0.15, 0.2) is 11.5 Å². The van der Waals surface area contributed by atoms with Crippen LogP contribution in [0.2, 0.25) is 0 Å². The van der Waals surface area contributed by atoms with Gasteiger partial charge in [-0.1, -0.05) is 0 Å². The van der Waals surface area contributed by atoms with Crippen LogP contribution in [-0.4, -0.2) is 31.1 Å². The number of nitrogens with one attached hydrogen (secondary N) is 2. The first-order valence-electron chi connectivity index (χ1n) is 6.67. The number of carbonyl (C=O) groups excluding carboxylic acids is 2. The van der Waals surface area contributed by atoms with Gasteiger partial charge in [0, 0.05) is 17.4 Å². The molecule has 0 bridgehead atoms. The number of hydrogen-bond donors (Lipinski definition) is 3. The van der Waals surface area contributed by atoms with E-state index in [2.05, 4.69) is 10.6 Å². The van der Waals surface area contributed by atoms with Crippen molar-refractivity contribution in [1.82, 2.24) is 0 Å². The Morgan fingerprint density at radius 1 is 0.826 bits per heavy atom. The molecule has 0 atom stereocenters. The lowest BCUT2D eigenvalue weighted by Crippen LogP contribution is -2.29. The Labute approximate surface area is 132 Å². The smallest absolute Gasteiger partial charge is 0.314 e. The molecule has 0 fully saturated rings. The first-order chi connectivity index (χ1) is 11.0. The highest BCUT2D eigenvalue weighted by atomic mass is 16.5. The average molecular weight is 316 g/mol. The van der Waals surface area contributed by atoms with Gasteiger partial charge in [0.2, 0.25) is 0 Å². The van der Waals surface area contributed by atoms with Gasteiger partial charge < -0.3 is 25.2 Å². The van der Waals surface area contributed by atoms with Gasteiger partial charge in [0.25, 0.3) is 0 Å². The molecule has 0 spiro atoms. The Kier molecular flexibility index (Phi) is 5.03. The second-order valence-corrected chi connectivity index (χ2v) is 4.52. The number of ether oxygens (including phenoxy) is 2. The van der Waals surface area contributed by atoms with E-state index in [1.54, 1.807) is 18.2 Å². The lowest BCUT2D eigenvalue weighted by atomic mass is 10.2. The summed E-state index contributed by atoms with van der Waals surface area (Å²) in [6.45, 7) is 0. The first-order valence-corrected chi connectivity index (χ1v) is 6.67. The van der Waals surface area contributed by atoms with Gasteiger partial charge in [0.05, 0.1) is 14.2 Å². The van der Waals surface area contributed by atoms with Gasteiger partial charge in [-0.25, -0.2) is 0 Å². The molecule has 0 saturated carbocycles. The van der Waals surface area contributed by atoms with E-state index in [0.717, 1.165) is 0 Å². The maximum absolute atomic E-state index is 11.9. The third-order valence-corrected chi connectivity index (χ3v) is 2.97. The van der Waals surface area contributed by atoms with Gasteiger partial charge in [-0.05, 0) is 36.4 Å². The zero-order valence-electron chi connectivity index (χ0n) is 12.6. The molecular weight excluding hydrogens is 300 g/mol. The number of aromatic hydroxyl groups is 1. The largest absolute Gasteiger partial charge is 0.508 e. The molecule has 7 nitrogen and oxygen atoms in total. The fourth-order valence-corrected chi connectivity index (χ4v) is 1.83. The molecule has 0 aliphatic heterocycles. The minimum Gasteiger partial charge on any atom is -0.508 e. The number of methoxy groups -OCH3 is 2. The Hall–Kier alpha value is -3.22. The molecule has 0 aliphatic carbocycles. The summed E-state index contributed by atoms with van der Waals surface area (Å²) in [5, 5.41) is 14.1. The number of hydrogen-bond acceptors (Lipinski definition) is 5. The summed E-state index contributed by atoms with van der Waals surface area (Å²) in [5.74, 6) is -0.642. The molecule has 2 rings (SSSR count). The number of benzene rings is 2. The average Bonchev–Trinajstić information content (AvgIpc) is 2.56. The van der Waals surface area contributed by atoms with Crippen LogP contribution in [0.1, 0.15) is 0 Å². The Morgan fingerprint density at radius 2 is 1.35 bits per heavy atom.